The summed E-state index contributed by atoms with van der Waals surface area (Å²) in [4.78, 5) is 12.2. The summed E-state index contributed by atoms with van der Waals surface area (Å²) < 4.78 is 41.4. The number of rotatable bonds is 2. The normalized spacial score (nSPS) is 19.5. The van der Waals surface area contributed by atoms with Gasteiger partial charge >= 0.3 is 12.5 Å². The number of hydrogen-bond acceptors (Lipinski definition) is 2. The van der Waals surface area contributed by atoms with Crippen molar-refractivity contribution in [1.29, 1.82) is 0 Å². The molecular formula is C16H16F3NO3. The monoisotopic (exact) mass is 327 g/mol. The predicted octanol–water partition coefficient (Wildman–Crippen LogP) is 4.05. The number of likely N-dealkylation sites (tertiary alicyclic amines) is 1. The van der Waals surface area contributed by atoms with Crippen molar-refractivity contribution in [3.05, 3.63) is 35.4 Å². The molecule has 1 fully saturated rings. The predicted molar refractivity (Wildman–Crippen MR) is 77.1 cm³/mol. The second-order valence-corrected chi connectivity index (χ2v) is 6.20. The molecule has 1 amide bonds. The van der Waals surface area contributed by atoms with Gasteiger partial charge in [-0.05, 0) is 42.5 Å². The number of carbonyl (C=O) groups is 1. The molecular weight excluding hydrogens is 311 g/mol. The van der Waals surface area contributed by atoms with Crippen LogP contribution in [0.15, 0.2) is 24.3 Å². The SMILES string of the molecule is Cc1ccc(C2=CC3(CC2)CN(C(=O)O)C3)cc1OC(F)(F)F. The van der Waals surface area contributed by atoms with E-state index in [2.05, 4.69) is 4.74 Å². The van der Waals surface area contributed by atoms with Gasteiger partial charge in [-0.25, -0.2) is 4.79 Å². The summed E-state index contributed by atoms with van der Waals surface area (Å²) in [5.41, 5.74) is 1.89. The van der Waals surface area contributed by atoms with Gasteiger partial charge in [0.05, 0.1) is 0 Å². The molecule has 3 rings (SSSR count). The van der Waals surface area contributed by atoms with Crippen molar-refractivity contribution in [2.75, 3.05) is 13.1 Å². The third-order valence-electron chi connectivity index (χ3n) is 4.44. The first-order valence-corrected chi connectivity index (χ1v) is 7.24. The quantitative estimate of drug-likeness (QED) is 0.891. The zero-order valence-electron chi connectivity index (χ0n) is 12.5. The van der Waals surface area contributed by atoms with E-state index >= 15 is 0 Å². The van der Waals surface area contributed by atoms with Crippen molar-refractivity contribution in [2.24, 2.45) is 5.41 Å². The van der Waals surface area contributed by atoms with Crippen LogP contribution in [0.4, 0.5) is 18.0 Å². The first-order valence-electron chi connectivity index (χ1n) is 7.24. The van der Waals surface area contributed by atoms with Crippen LogP contribution in [0, 0.1) is 12.3 Å². The van der Waals surface area contributed by atoms with Crippen LogP contribution in [0.2, 0.25) is 0 Å². The number of nitrogens with zero attached hydrogens (tertiary/aromatic N) is 1. The smallest absolute Gasteiger partial charge is 0.465 e. The second kappa shape index (κ2) is 5.18. The summed E-state index contributed by atoms with van der Waals surface area (Å²) in [5, 5.41) is 8.92. The summed E-state index contributed by atoms with van der Waals surface area (Å²) in [5.74, 6) is -0.197. The van der Waals surface area contributed by atoms with Crippen molar-refractivity contribution in [3.63, 3.8) is 0 Å². The minimum atomic E-state index is -4.72. The molecule has 1 aromatic carbocycles. The number of alkyl halides is 3. The molecule has 7 heteroatoms. The lowest BCUT2D eigenvalue weighted by atomic mass is 9.80. The van der Waals surface area contributed by atoms with Crippen LogP contribution in [-0.2, 0) is 0 Å². The lowest BCUT2D eigenvalue weighted by molar-refractivity contribution is -0.274. The third-order valence-corrected chi connectivity index (χ3v) is 4.44. The highest BCUT2D eigenvalue weighted by molar-refractivity contribution is 5.72. The van der Waals surface area contributed by atoms with Crippen LogP contribution in [-0.4, -0.2) is 35.6 Å². The molecule has 0 radical (unpaired) electrons. The van der Waals surface area contributed by atoms with Gasteiger partial charge in [-0.15, -0.1) is 13.2 Å². The van der Waals surface area contributed by atoms with Crippen LogP contribution in [0.25, 0.3) is 5.57 Å². The number of aryl methyl sites for hydroxylation is 1. The second-order valence-electron chi connectivity index (χ2n) is 6.20. The third kappa shape index (κ3) is 3.13. The fourth-order valence-electron chi connectivity index (χ4n) is 3.26. The van der Waals surface area contributed by atoms with Gasteiger partial charge in [0.1, 0.15) is 5.75 Å². The number of ether oxygens (including phenoxy) is 1. The van der Waals surface area contributed by atoms with Gasteiger partial charge < -0.3 is 14.7 Å². The number of benzene rings is 1. The Morgan fingerprint density at radius 3 is 2.65 bits per heavy atom. The summed E-state index contributed by atoms with van der Waals surface area (Å²) in [6.45, 7) is 2.46. The van der Waals surface area contributed by atoms with E-state index in [1.165, 1.54) is 11.0 Å². The first-order chi connectivity index (χ1) is 10.7. The molecule has 4 nitrogen and oxygen atoms in total. The molecule has 0 aromatic heterocycles. The molecule has 0 saturated carbocycles. The Hall–Kier alpha value is -2.18. The summed E-state index contributed by atoms with van der Waals surface area (Å²) >= 11 is 0. The van der Waals surface area contributed by atoms with Crippen LogP contribution in [0.1, 0.15) is 24.0 Å². The molecule has 1 aliphatic carbocycles. The number of amides is 1. The Balaban J connectivity index is 1.80. The van der Waals surface area contributed by atoms with Crippen LogP contribution in [0.5, 0.6) is 5.75 Å². The zero-order chi connectivity index (χ0) is 16.8. The van der Waals surface area contributed by atoms with E-state index in [0.29, 0.717) is 24.2 Å². The van der Waals surface area contributed by atoms with Crippen molar-refractivity contribution < 1.29 is 27.8 Å². The Kier molecular flexibility index (Phi) is 3.54. The molecule has 0 unspecified atom stereocenters. The first kappa shape index (κ1) is 15.7. The number of carboxylic acid groups (broad SMARTS) is 1. The fraction of sp³-hybridized carbons (Fsp3) is 0.438. The van der Waals surface area contributed by atoms with E-state index in [-0.39, 0.29) is 11.2 Å². The lowest BCUT2D eigenvalue weighted by Gasteiger charge is -2.45. The van der Waals surface area contributed by atoms with Crippen molar-refractivity contribution in [1.82, 2.24) is 4.90 Å². The average molecular weight is 327 g/mol. The molecule has 0 atom stereocenters. The molecule has 2 aliphatic rings. The maximum Gasteiger partial charge on any atom is 0.573 e. The van der Waals surface area contributed by atoms with Gasteiger partial charge in [0.15, 0.2) is 0 Å². The van der Waals surface area contributed by atoms with Crippen LogP contribution >= 0.6 is 0 Å². The van der Waals surface area contributed by atoms with Gasteiger partial charge in [0, 0.05) is 18.5 Å². The van der Waals surface area contributed by atoms with Crippen LogP contribution in [0.3, 0.4) is 0 Å². The van der Waals surface area contributed by atoms with Crippen molar-refractivity contribution in [3.8, 4) is 5.75 Å². The van der Waals surface area contributed by atoms with Gasteiger partial charge in [-0.1, -0.05) is 18.2 Å². The highest BCUT2D eigenvalue weighted by atomic mass is 19.4. The molecule has 124 valence electrons. The lowest BCUT2D eigenvalue weighted by Crippen LogP contribution is -2.56. The molecule has 1 aromatic rings. The Bertz CT molecular complexity index is 676. The standard InChI is InChI=1S/C16H16F3NO3/c1-10-2-3-11(6-13(10)23-16(17,18)19)12-4-5-15(7-12)8-20(9-15)14(21)22/h2-3,6-7H,4-5,8-9H2,1H3,(H,21,22). The van der Waals surface area contributed by atoms with E-state index in [1.807, 2.05) is 6.08 Å². The largest absolute Gasteiger partial charge is 0.573 e. The molecule has 1 N–H and O–H groups in total. The molecule has 0 bridgehead atoms. The van der Waals surface area contributed by atoms with Crippen LogP contribution < -0.4 is 4.74 Å². The van der Waals surface area contributed by atoms with Gasteiger partial charge in [0.25, 0.3) is 0 Å². The Morgan fingerprint density at radius 2 is 2.04 bits per heavy atom. The van der Waals surface area contributed by atoms with E-state index in [0.717, 1.165) is 18.4 Å². The highest BCUT2D eigenvalue weighted by Gasteiger charge is 2.46. The van der Waals surface area contributed by atoms with E-state index < -0.39 is 12.5 Å². The van der Waals surface area contributed by atoms with E-state index in [9.17, 15) is 18.0 Å². The summed E-state index contributed by atoms with van der Waals surface area (Å²) in [6.07, 6.45) is -2.11. The molecule has 23 heavy (non-hydrogen) atoms. The fourth-order valence-corrected chi connectivity index (χ4v) is 3.26. The van der Waals surface area contributed by atoms with Gasteiger partial charge in [-0.3, -0.25) is 0 Å². The maximum absolute atomic E-state index is 12.4. The van der Waals surface area contributed by atoms with E-state index in [1.54, 1.807) is 19.1 Å². The van der Waals surface area contributed by atoms with Crippen molar-refractivity contribution >= 4 is 11.7 Å². The Morgan fingerprint density at radius 1 is 1.35 bits per heavy atom. The average Bonchev–Trinajstić information content (AvgIpc) is 2.83. The van der Waals surface area contributed by atoms with Gasteiger partial charge in [0.2, 0.25) is 0 Å². The summed E-state index contributed by atoms with van der Waals surface area (Å²) in [6, 6.07) is 4.78. The maximum atomic E-state index is 12.4. The highest BCUT2D eigenvalue weighted by Crippen LogP contribution is 2.47. The zero-order valence-corrected chi connectivity index (χ0v) is 12.5. The minimum absolute atomic E-state index is 0.163. The number of allylic oxidation sites excluding steroid dienone is 1. The van der Waals surface area contributed by atoms with Crippen molar-refractivity contribution in [2.45, 2.75) is 26.1 Å². The van der Waals surface area contributed by atoms with E-state index in [4.69, 9.17) is 5.11 Å². The van der Waals surface area contributed by atoms with Gasteiger partial charge in [-0.2, -0.15) is 0 Å². The molecule has 1 aliphatic heterocycles. The Labute approximate surface area is 131 Å². The molecule has 1 spiro atoms. The summed E-state index contributed by atoms with van der Waals surface area (Å²) in [7, 11) is 0. The molecule has 1 heterocycles. The number of hydrogen-bond donors (Lipinski definition) is 1. The number of halogens is 3. The minimum Gasteiger partial charge on any atom is -0.465 e. The molecule has 1 saturated heterocycles. The topological polar surface area (TPSA) is 49.8 Å².